The Kier molecular flexibility index (Phi) is 11.3. The van der Waals surface area contributed by atoms with Gasteiger partial charge in [0.15, 0.2) is 0 Å². The van der Waals surface area contributed by atoms with Crippen molar-refractivity contribution in [2.24, 2.45) is 0 Å². The Morgan fingerprint density at radius 1 is 0.448 bits per heavy atom. The molecule has 0 spiro atoms. The number of nitrogens with zero attached hydrogens (tertiary/aromatic N) is 1. The fourth-order valence-corrected chi connectivity index (χ4v) is 11.2. The maximum Gasteiger partial charge on any atom is 0.147 e. The van der Waals surface area contributed by atoms with Crippen molar-refractivity contribution < 1.29 is 8.78 Å². The third-order valence-corrected chi connectivity index (χ3v) is 14.3. The van der Waals surface area contributed by atoms with Gasteiger partial charge in [0.1, 0.15) is 11.6 Å². The average Bonchev–Trinajstić information content (AvgIpc) is 3.72. The third kappa shape index (κ3) is 7.37. The van der Waals surface area contributed by atoms with E-state index in [0.29, 0.717) is 5.69 Å². The molecule has 2 aliphatic carbocycles. The van der Waals surface area contributed by atoms with Crippen molar-refractivity contribution in [2.75, 3.05) is 4.90 Å². The van der Waals surface area contributed by atoms with E-state index in [2.05, 4.69) is 133 Å². The molecular weight excluding hydrogens is 821 g/mol. The smallest absolute Gasteiger partial charge is 0.147 e. The summed E-state index contributed by atoms with van der Waals surface area (Å²) in [6.07, 6.45) is 3.05. The fourth-order valence-electron chi connectivity index (χ4n) is 11.2. The highest BCUT2D eigenvalue weighted by atomic mass is 19.1. The number of hydrogen-bond acceptors (Lipinski definition) is 1. The van der Waals surface area contributed by atoms with Crippen molar-refractivity contribution in [3.63, 3.8) is 0 Å². The van der Waals surface area contributed by atoms with Crippen LogP contribution < -0.4 is 4.90 Å². The Balaban J connectivity index is 0.000000244. The van der Waals surface area contributed by atoms with Gasteiger partial charge in [-0.05, 0) is 152 Å². The van der Waals surface area contributed by atoms with E-state index in [0.717, 1.165) is 36.2 Å². The highest BCUT2D eigenvalue weighted by molar-refractivity contribution is 6.33. The van der Waals surface area contributed by atoms with Gasteiger partial charge < -0.3 is 4.90 Å². The highest BCUT2D eigenvalue weighted by Crippen LogP contribution is 2.61. The van der Waals surface area contributed by atoms with Gasteiger partial charge in [0.2, 0.25) is 0 Å². The molecule has 67 heavy (non-hydrogen) atoms. The molecule has 0 amide bonds. The van der Waals surface area contributed by atoms with Crippen molar-refractivity contribution in [2.45, 2.75) is 78.6 Å². The number of hydrogen-bond donors (Lipinski definition) is 0. The van der Waals surface area contributed by atoms with E-state index in [1.807, 2.05) is 77.7 Å². The zero-order valence-electron chi connectivity index (χ0n) is 39.6. The molecule has 0 N–H and O–H groups in total. The van der Waals surface area contributed by atoms with Crippen molar-refractivity contribution >= 4 is 49.4 Å². The molecule has 12 rings (SSSR count). The largest absolute Gasteiger partial charge is 0.308 e. The summed E-state index contributed by atoms with van der Waals surface area (Å²) in [7, 11) is 0. The third-order valence-electron chi connectivity index (χ3n) is 14.3. The summed E-state index contributed by atoms with van der Waals surface area (Å²) in [6, 6.07) is 62.1. The van der Waals surface area contributed by atoms with Crippen molar-refractivity contribution in [3.05, 3.63) is 233 Å². The SMILES string of the molecule is CCCCc1ccccc1F.Cc1ccc2c(c1)C(C)(C)c1c-2c2cccc3c4c(c5cccc1c5c23)-c1ccc(N(c2ccccc2)c2ccccc2F)cc1C4(C)C.Cc1ccccc1. The minimum absolute atomic E-state index is 0.0686. The summed E-state index contributed by atoms with van der Waals surface area (Å²) < 4.78 is 28.4. The lowest BCUT2D eigenvalue weighted by molar-refractivity contribution is 0.603. The van der Waals surface area contributed by atoms with Gasteiger partial charge >= 0.3 is 0 Å². The van der Waals surface area contributed by atoms with Crippen LogP contribution in [0.2, 0.25) is 0 Å². The van der Waals surface area contributed by atoms with Crippen LogP contribution in [-0.2, 0) is 17.3 Å². The normalized spacial score (nSPS) is 13.6. The lowest BCUT2D eigenvalue weighted by Crippen LogP contribution is -2.18. The van der Waals surface area contributed by atoms with Gasteiger partial charge in [0, 0.05) is 22.2 Å². The van der Waals surface area contributed by atoms with E-state index in [1.165, 1.54) is 94.0 Å². The van der Waals surface area contributed by atoms with Crippen LogP contribution in [0.4, 0.5) is 25.8 Å². The minimum atomic E-state index is -0.292. The number of halogens is 2. The van der Waals surface area contributed by atoms with Crippen LogP contribution in [0, 0.1) is 25.5 Å². The molecule has 0 aromatic heterocycles. The Hall–Kier alpha value is -7.10. The Morgan fingerprint density at radius 2 is 0.955 bits per heavy atom. The number of aryl methyl sites for hydroxylation is 3. The van der Waals surface area contributed by atoms with E-state index in [1.54, 1.807) is 18.2 Å². The predicted molar refractivity (Wildman–Crippen MR) is 281 cm³/mol. The lowest BCUT2D eigenvalue weighted by Gasteiger charge is -2.29. The van der Waals surface area contributed by atoms with Crippen molar-refractivity contribution in [1.29, 1.82) is 0 Å². The molecule has 10 aromatic rings. The lowest BCUT2D eigenvalue weighted by atomic mass is 9.75. The molecule has 0 heterocycles. The molecule has 0 bridgehead atoms. The van der Waals surface area contributed by atoms with E-state index in [4.69, 9.17) is 0 Å². The maximum absolute atomic E-state index is 15.5. The van der Waals surface area contributed by atoms with Gasteiger partial charge in [-0.15, -0.1) is 0 Å². The topological polar surface area (TPSA) is 3.24 Å². The molecule has 0 saturated heterocycles. The van der Waals surface area contributed by atoms with E-state index >= 15 is 4.39 Å². The summed E-state index contributed by atoms with van der Waals surface area (Å²) in [4.78, 5) is 2.05. The molecule has 0 saturated carbocycles. The molecular formula is C64H57F2N. The van der Waals surface area contributed by atoms with Crippen molar-refractivity contribution in [1.82, 2.24) is 0 Å². The van der Waals surface area contributed by atoms with Crippen molar-refractivity contribution in [3.8, 4) is 22.3 Å². The first kappa shape index (κ1) is 43.8. The highest BCUT2D eigenvalue weighted by Gasteiger charge is 2.43. The second-order valence-electron chi connectivity index (χ2n) is 19.5. The first-order valence-corrected chi connectivity index (χ1v) is 23.8. The summed E-state index contributed by atoms with van der Waals surface area (Å²) in [5.41, 5.74) is 16.3. The van der Waals surface area contributed by atoms with E-state index in [9.17, 15) is 4.39 Å². The molecule has 2 aliphatic rings. The average molecular weight is 878 g/mol. The van der Waals surface area contributed by atoms with Crippen LogP contribution in [0.25, 0.3) is 54.6 Å². The van der Waals surface area contributed by atoms with Crippen LogP contribution in [0.15, 0.2) is 182 Å². The summed E-state index contributed by atoms with van der Waals surface area (Å²) in [5, 5.41) is 8.08. The zero-order valence-corrected chi connectivity index (χ0v) is 39.6. The first-order chi connectivity index (χ1) is 32.4. The van der Waals surface area contributed by atoms with Gasteiger partial charge in [0.25, 0.3) is 0 Å². The number of fused-ring (bicyclic) bond motifs is 10. The number of rotatable bonds is 6. The maximum atomic E-state index is 15.5. The minimum Gasteiger partial charge on any atom is -0.308 e. The standard InChI is InChI=1S/C47H36FN.C10H13F.C7H8/c1-27-21-23-30-36(25-27)46(2,3)44-34-17-12-16-33-41(34)40-32(42(30)44)15-11-18-35(40)45-43(33)31-24-22-29(26-37(31)47(45,4)5)49(28-13-7-6-8-14-28)39-20-10-9-19-38(39)48;1-2-3-6-9-7-4-5-8-10(9)11;1-7-5-3-2-4-6-7/h6-26H,1-5H3;4-5,7-8H,2-3,6H2,1H3;2-6H,1H3. The van der Waals surface area contributed by atoms with Gasteiger partial charge in [-0.1, -0.05) is 192 Å². The van der Waals surface area contributed by atoms with Crippen LogP contribution in [-0.4, -0.2) is 0 Å². The van der Waals surface area contributed by atoms with Crippen LogP contribution in [0.1, 0.15) is 86.4 Å². The monoisotopic (exact) mass is 877 g/mol. The van der Waals surface area contributed by atoms with Gasteiger partial charge in [0.05, 0.1) is 5.69 Å². The second-order valence-corrected chi connectivity index (χ2v) is 19.5. The van der Waals surface area contributed by atoms with Crippen LogP contribution in [0.5, 0.6) is 0 Å². The van der Waals surface area contributed by atoms with E-state index in [-0.39, 0.29) is 22.5 Å². The molecule has 0 atom stereocenters. The quantitative estimate of drug-likeness (QED) is 0.150. The molecule has 10 aromatic carbocycles. The zero-order chi connectivity index (χ0) is 46.6. The molecule has 3 heteroatoms. The number of benzene rings is 10. The summed E-state index contributed by atoms with van der Waals surface area (Å²) in [6.45, 7) is 15.9. The second kappa shape index (κ2) is 17.3. The van der Waals surface area contributed by atoms with E-state index < -0.39 is 0 Å². The van der Waals surface area contributed by atoms with Crippen LogP contribution in [0.3, 0.4) is 0 Å². The summed E-state index contributed by atoms with van der Waals surface area (Å²) >= 11 is 0. The number of unbranched alkanes of at least 4 members (excludes halogenated alkanes) is 1. The number of para-hydroxylation sites is 2. The molecule has 0 aliphatic heterocycles. The summed E-state index contributed by atoms with van der Waals surface area (Å²) in [5.74, 6) is -0.314. The Morgan fingerprint density at radius 3 is 1.51 bits per heavy atom. The Bertz CT molecular complexity index is 3440. The molecule has 0 radical (unpaired) electrons. The molecule has 332 valence electrons. The number of anilines is 3. The fraction of sp³-hybridized carbons (Fsp3) is 0.188. The predicted octanol–water partition coefficient (Wildman–Crippen LogP) is 18.3. The first-order valence-electron chi connectivity index (χ1n) is 23.8. The van der Waals surface area contributed by atoms with Gasteiger partial charge in [-0.3, -0.25) is 0 Å². The Labute approximate surface area is 394 Å². The molecule has 0 fully saturated rings. The van der Waals surface area contributed by atoms with Crippen LogP contribution >= 0.6 is 0 Å². The van der Waals surface area contributed by atoms with Gasteiger partial charge in [-0.25, -0.2) is 8.78 Å². The molecule has 1 nitrogen and oxygen atoms in total. The van der Waals surface area contributed by atoms with Gasteiger partial charge in [-0.2, -0.15) is 0 Å². The molecule has 0 unspecified atom stereocenters.